The molecule has 0 rings (SSSR count). The molecular weight excluding hydrogens is 271 g/mol. The maximum absolute atomic E-state index is 12.8. The maximum Gasteiger partial charge on any atom is 0.139 e. The molecule has 0 aliphatic carbocycles. The highest BCUT2D eigenvalue weighted by Gasteiger charge is 2.26. The lowest BCUT2D eigenvalue weighted by molar-refractivity contribution is -0.116. The minimum Gasteiger partial charge on any atom is -0.323 e. The number of ketones is 2. The van der Waals surface area contributed by atoms with Crippen molar-refractivity contribution in [1.29, 1.82) is 0 Å². The van der Waals surface area contributed by atoms with Crippen LogP contribution in [0.5, 0.6) is 0 Å². The Morgan fingerprint density at radius 1 is 0.750 bits per heavy atom. The highest BCUT2D eigenvalue weighted by atomic mass is 31.2. The molecular formula is C16H31O3P. The molecule has 0 atom stereocenters. The Labute approximate surface area is 124 Å². The normalized spacial score (nSPS) is 11.6. The first kappa shape index (κ1) is 19.6. The van der Waals surface area contributed by atoms with Gasteiger partial charge in [0.05, 0.1) is 12.3 Å². The van der Waals surface area contributed by atoms with E-state index in [-0.39, 0.29) is 23.9 Å². The van der Waals surface area contributed by atoms with Crippen molar-refractivity contribution in [3.63, 3.8) is 0 Å². The molecule has 0 fully saturated rings. The van der Waals surface area contributed by atoms with Gasteiger partial charge in [-0.15, -0.1) is 0 Å². The Bertz CT molecular complexity index is 315. The lowest BCUT2D eigenvalue weighted by Crippen LogP contribution is -2.14. The predicted octanol–water partition coefficient (Wildman–Crippen LogP) is 4.67. The van der Waals surface area contributed by atoms with Crippen molar-refractivity contribution in [2.75, 3.05) is 18.5 Å². The highest BCUT2D eigenvalue weighted by Crippen LogP contribution is 2.46. The zero-order chi connectivity index (χ0) is 15.4. The van der Waals surface area contributed by atoms with Gasteiger partial charge in [0.2, 0.25) is 0 Å². The van der Waals surface area contributed by atoms with Crippen LogP contribution >= 0.6 is 7.14 Å². The minimum atomic E-state index is -2.62. The number of hydrogen-bond acceptors (Lipinski definition) is 3. The van der Waals surface area contributed by atoms with Gasteiger partial charge in [0.1, 0.15) is 18.7 Å². The third kappa shape index (κ3) is 9.47. The Morgan fingerprint density at radius 2 is 1.20 bits per heavy atom. The number of hydrogen-bond donors (Lipinski definition) is 0. The summed E-state index contributed by atoms with van der Waals surface area (Å²) in [5.74, 6) is 0.0615. The van der Waals surface area contributed by atoms with E-state index in [1.54, 1.807) is 13.8 Å². The molecule has 3 nitrogen and oxygen atoms in total. The van der Waals surface area contributed by atoms with Gasteiger partial charge in [-0.05, 0) is 6.42 Å². The Hall–Kier alpha value is -0.430. The van der Waals surface area contributed by atoms with E-state index in [1.807, 2.05) is 0 Å². The summed E-state index contributed by atoms with van der Waals surface area (Å²) in [5, 5.41) is 0. The van der Waals surface area contributed by atoms with Crippen molar-refractivity contribution in [1.82, 2.24) is 0 Å². The van der Waals surface area contributed by atoms with Crippen molar-refractivity contribution < 1.29 is 14.2 Å². The second-order valence-electron chi connectivity index (χ2n) is 5.65. The van der Waals surface area contributed by atoms with E-state index in [0.29, 0.717) is 19.0 Å². The lowest BCUT2D eigenvalue weighted by atomic mass is 10.1. The predicted molar refractivity (Wildman–Crippen MR) is 86.2 cm³/mol. The standard InChI is InChI=1S/C16H31O3P/c1-4-7-8-9-10-11-12-20(19,13-15(17)5-2)14-16(18)6-3/h4-14H2,1-3H3. The molecule has 4 heteroatoms. The average Bonchev–Trinajstić information content (AvgIpc) is 2.42. The Kier molecular flexibility index (Phi) is 11.0. The first-order chi connectivity index (χ1) is 9.47. The fourth-order valence-corrected chi connectivity index (χ4v) is 5.22. The number of carbonyl (C=O) groups is 2. The number of carbonyl (C=O) groups excluding carboxylic acids is 2. The van der Waals surface area contributed by atoms with Crippen molar-refractivity contribution >= 4 is 18.7 Å². The van der Waals surface area contributed by atoms with E-state index >= 15 is 0 Å². The smallest absolute Gasteiger partial charge is 0.139 e. The van der Waals surface area contributed by atoms with E-state index in [2.05, 4.69) is 6.92 Å². The molecule has 118 valence electrons. The van der Waals surface area contributed by atoms with Crippen LogP contribution in [0.25, 0.3) is 0 Å². The van der Waals surface area contributed by atoms with Crippen LogP contribution in [-0.4, -0.2) is 30.1 Å². The van der Waals surface area contributed by atoms with Crippen LogP contribution in [0.3, 0.4) is 0 Å². The average molecular weight is 302 g/mol. The molecule has 0 spiro atoms. The zero-order valence-electron chi connectivity index (χ0n) is 13.5. The fraction of sp³-hybridized carbons (Fsp3) is 0.875. The fourth-order valence-electron chi connectivity index (χ4n) is 2.26. The van der Waals surface area contributed by atoms with Gasteiger partial charge in [0.15, 0.2) is 0 Å². The molecule has 0 saturated carbocycles. The van der Waals surface area contributed by atoms with Crippen molar-refractivity contribution in [3.05, 3.63) is 0 Å². The summed E-state index contributed by atoms with van der Waals surface area (Å²) < 4.78 is 12.8. The first-order valence-corrected chi connectivity index (χ1v) is 10.3. The molecule has 0 saturated heterocycles. The van der Waals surface area contributed by atoms with E-state index < -0.39 is 7.14 Å². The summed E-state index contributed by atoms with van der Waals surface area (Å²) in [6.07, 6.45) is 8.46. The monoisotopic (exact) mass is 302 g/mol. The van der Waals surface area contributed by atoms with Crippen LogP contribution in [-0.2, 0) is 14.2 Å². The van der Waals surface area contributed by atoms with E-state index in [1.165, 1.54) is 19.3 Å². The van der Waals surface area contributed by atoms with Crippen LogP contribution in [0.1, 0.15) is 72.1 Å². The molecule has 0 amide bonds. The van der Waals surface area contributed by atoms with Crippen LogP contribution in [0, 0.1) is 0 Å². The second kappa shape index (κ2) is 11.3. The van der Waals surface area contributed by atoms with Crippen LogP contribution < -0.4 is 0 Å². The summed E-state index contributed by atoms with van der Waals surface area (Å²) in [7, 11) is -2.62. The SMILES string of the molecule is CCCCCCCCP(=O)(CC(=O)CC)CC(=O)CC. The van der Waals surface area contributed by atoms with Gasteiger partial charge in [-0.25, -0.2) is 0 Å². The molecule has 0 aliphatic rings. The summed E-state index contributed by atoms with van der Waals surface area (Å²) in [6, 6.07) is 0. The summed E-state index contributed by atoms with van der Waals surface area (Å²) in [4.78, 5) is 23.2. The molecule has 0 N–H and O–H groups in total. The van der Waals surface area contributed by atoms with E-state index in [4.69, 9.17) is 0 Å². The molecule has 0 aromatic carbocycles. The van der Waals surface area contributed by atoms with Gasteiger partial charge in [-0.3, -0.25) is 9.59 Å². The molecule has 0 aliphatic heterocycles. The van der Waals surface area contributed by atoms with Crippen LogP contribution in [0.15, 0.2) is 0 Å². The number of rotatable bonds is 13. The lowest BCUT2D eigenvalue weighted by Gasteiger charge is -2.16. The van der Waals surface area contributed by atoms with Gasteiger partial charge in [0.25, 0.3) is 0 Å². The first-order valence-electron chi connectivity index (χ1n) is 8.08. The van der Waals surface area contributed by atoms with Crippen LogP contribution in [0.2, 0.25) is 0 Å². The van der Waals surface area contributed by atoms with Crippen LogP contribution in [0.4, 0.5) is 0 Å². The third-order valence-electron chi connectivity index (χ3n) is 3.64. The molecule has 20 heavy (non-hydrogen) atoms. The summed E-state index contributed by atoms with van der Waals surface area (Å²) in [5.41, 5.74) is 0. The van der Waals surface area contributed by atoms with Crippen molar-refractivity contribution in [2.24, 2.45) is 0 Å². The molecule has 0 unspecified atom stereocenters. The third-order valence-corrected chi connectivity index (χ3v) is 6.63. The van der Waals surface area contributed by atoms with Crippen molar-refractivity contribution in [2.45, 2.75) is 72.1 Å². The highest BCUT2D eigenvalue weighted by molar-refractivity contribution is 7.65. The Balaban J connectivity index is 4.27. The molecule has 0 bridgehead atoms. The van der Waals surface area contributed by atoms with Gasteiger partial charge in [0, 0.05) is 19.0 Å². The zero-order valence-corrected chi connectivity index (χ0v) is 14.3. The van der Waals surface area contributed by atoms with Gasteiger partial charge < -0.3 is 4.57 Å². The Morgan fingerprint density at radius 3 is 1.65 bits per heavy atom. The maximum atomic E-state index is 12.8. The van der Waals surface area contributed by atoms with E-state index in [0.717, 1.165) is 19.3 Å². The number of unbranched alkanes of at least 4 members (excludes halogenated alkanes) is 5. The number of Topliss-reactive ketones (excluding diaryl/α,β-unsaturated/α-hetero) is 2. The molecule has 0 heterocycles. The second-order valence-corrected chi connectivity index (χ2v) is 8.85. The topological polar surface area (TPSA) is 51.2 Å². The quantitative estimate of drug-likeness (QED) is 0.367. The molecule has 0 aromatic heterocycles. The van der Waals surface area contributed by atoms with Gasteiger partial charge in [-0.1, -0.05) is 52.9 Å². The van der Waals surface area contributed by atoms with E-state index in [9.17, 15) is 14.2 Å². The van der Waals surface area contributed by atoms with Gasteiger partial charge in [-0.2, -0.15) is 0 Å². The molecule has 0 aromatic rings. The minimum absolute atomic E-state index is 0.0308. The molecule has 0 radical (unpaired) electrons. The summed E-state index contributed by atoms with van der Waals surface area (Å²) >= 11 is 0. The van der Waals surface area contributed by atoms with Crippen molar-refractivity contribution in [3.8, 4) is 0 Å². The summed E-state index contributed by atoms with van der Waals surface area (Å²) in [6.45, 7) is 5.76. The largest absolute Gasteiger partial charge is 0.323 e. The van der Waals surface area contributed by atoms with Gasteiger partial charge >= 0.3 is 0 Å².